The van der Waals surface area contributed by atoms with Crippen LogP contribution in [0.25, 0.3) is 27.1 Å². The van der Waals surface area contributed by atoms with Crippen molar-refractivity contribution < 1.29 is 4.42 Å². The molecule has 1 aliphatic carbocycles. The number of allylic oxidation sites excluding steroid dienone is 1. The minimum Gasteiger partial charge on any atom is -0.437 e. The lowest BCUT2D eigenvalue weighted by Gasteiger charge is -2.17. The lowest BCUT2D eigenvalue weighted by Crippen LogP contribution is -2.10. The summed E-state index contributed by atoms with van der Waals surface area (Å²) >= 11 is 6.71. The number of rotatable bonds is 3. The van der Waals surface area contributed by atoms with Crippen molar-refractivity contribution in [3.8, 4) is 0 Å². The first-order valence-electron chi connectivity index (χ1n) is 9.90. The Morgan fingerprint density at radius 1 is 1.10 bits per heavy atom. The van der Waals surface area contributed by atoms with Crippen LogP contribution in [-0.2, 0) is 13.0 Å². The molecule has 0 amide bonds. The molecule has 0 atom stereocenters. The summed E-state index contributed by atoms with van der Waals surface area (Å²) in [6, 6.07) is 17.5. The number of hydrogen-bond donors (Lipinski definition) is 0. The number of aromatic nitrogens is 1. The van der Waals surface area contributed by atoms with Gasteiger partial charge in [0.2, 0.25) is 11.1 Å². The van der Waals surface area contributed by atoms with Crippen molar-refractivity contribution >= 4 is 44.9 Å². The van der Waals surface area contributed by atoms with Crippen molar-refractivity contribution in [3.05, 3.63) is 92.8 Å². The first-order chi connectivity index (χ1) is 14.6. The van der Waals surface area contributed by atoms with Crippen LogP contribution >= 0.6 is 11.6 Å². The second-order valence-electron chi connectivity index (χ2n) is 7.56. The zero-order valence-corrected chi connectivity index (χ0v) is 17.2. The molecule has 0 radical (unpaired) electrons. The fraction of sp³-hybridized carbons (Fsp3) is 0.160. The van der Waals surface area contributed by atoms with E-state index in [0.29, 0.717) is 33.6 Å². The maximum atomic E-state index is 13.1. The molecule has 2 heterocycles. The summed E-state index contributed by atoms with van der Waals surface area (Å²) in [6.45, 7) is 2.56. The van der Waals surface area contributed by atoms with Gasteiger partial charge in [-0.15, -0.1) is 0 Å². The van der Waals surface area contributed by atoms with Crippen LogP contribution < -0.4 is 5.43 Å². The number of aliphatic imine (C=N–C) groups is 1. The SMILES string of the molecule is Cc1ccc2oc3nc4c(cc3c(=O)c2c1)C(Cl)=C(C=NCc1ccccc1)CC4. The highest BCUT2D eigenvalue weighted by atomic mass is 35.5. The third-order valence-electron chi connectivity index (χ3n) is 5.41. The quantitative estimate of drug-likeness (QED) is 0.313. The van der Waals surface area contributed by atoms with Gasteiger partial charge in [-0.3, -0.25) is 9.79 Å². The maximum Gasteiger partial charge on any atom is 0.230 e. The van der Waals surface area contributed by atoms with E-state index in [4.69, 9.17) is 16.0 Å². The summed E-state index contributed by atoms with van der Waals surface area (Å²) in [5, 5.41) is 1.61. The van der Waals surface area contributed by atoms with Gasteiger partial charge in [0.1, 0.15) is 5.58 Å². The van der Waals surface area contributed by atoms with Gasteiger partial charge in [0.15, 0.2) is 0 Å². The average Bonchev–Trinajstić information content (AvgIpc) is 2.76. The van der Waals surface area contributed by atoms with Crippen LogP contribution in [0.5, 0.6) is 0 Å². The number of nitrogens with zero attached hydrogens (tertiary/aromatic N) is 2. The van der Waals surface area contributed by atoms with Crippen molar-refractivity contribution in [1.82, 2.24) is 4.98 Å². The number of pyridine rings is 1. The average molecular weight is 415 g/mol. The van der Waals surface area contributed by atoms with Crippen LogP contribution in [0.3, 0.4) is 0 Å². The van der Waals surface area contributed by atoms with E-state index >= 15 is 0 Å². The molecule has 0 aliphatic heterocycles. The topological polar surface area (TPSA) is 55.5 Å². The standard InChI is InChI=1S/C25H19ClN2O2/c1-15-7-10-22-19(11-15)24(29)20-12-18-21(28-25(20)30-22)9-8-17(23(18)26)14-27-13-16-5-3-2-4-6-16/h2-7,10-12,14H,8-9,13H2,1H3. The molecule has 0 bridgehead atoms. The number of fused-ring (bicyclic) bond motifs is 3. The molecule has 0 spiro atoms. The molecule has 5 heteroatoms. The molecule has 148 valence electrons. The highest BCUT2D eigenvalue weighted by Gasteiger charge is 2.21. The molecule has 2 aromatic heterocycles. The van der Waals surface area contributed by atoms with E-state index < -0.39 is 0 Å². The van der Waals surface area contributed by atoms with Crippen LogP contribution in [0.2, 0.25) is 0 Å². The van der Waals surface area contributed by atoms with Crippen LogP contribution in [0.1, 0.15) is 28.8 Å². The van der Waals surface area contributed by atoms with Gasteiger partial charge in [0.25, 0.3) is 0 Å². The predicted molar refractivity (Wildman–Crippen MR) is 122 cm³/mol. The van der Waals surface area contributed by atoms with Crippen molar-refractivity contribution in [2.24, 2.45) is 4.99 Å². The molecule has 0 fully saturated rings. The van der Waals surface area contributed by atoms with E-state index in [1.54, 1.807) is 0 Å². The smallest absolute Gasteiger partial charge is 0.230 e. The Morgan fingerprint density at radius 3 is 2.77 bits per heavy atom. The Kier molecular flexibility index (Phi) is 4.72. The highest BCUT2D eigenvalue weighted by Crippen LogP contribution is 2.34. The van der Waals surface area contributed by atoms with Gasteiger partial charge in [-0.1, -0.05) is 53.6 Å². The second kappa shape index (κ2) is 7.54. The summed E-state index contributed by atoms with van der Waals surface area (Å²) in [5.41, 5.74) is 5.58. The summed E-state index contributed by atoms with van der Waals surface area (Å²) in [5.74, 6) is 0. The maximum absolute atomic E-state index is 13.1. The predicted octanol–water partition coefficient (Wildman–Crippen LogP) is 5.82. The third-order valence-corrected chi connectivity index (χ3v) is 5.86. The van der Waals surface area contributed by atoms with Gasteiger partial charge in [-0.05, 0) is 49.1 Å². The Hall–Kier alpha value is -3.24. The normalized spacial score (nSPS) is 14.1. The van der Waals surface area contributed by atoms with Gasteiger partial charge in [-0.2, -0.15) is 0 Å². The summed E-state index contributed by atoms with van der Waals surface area (Å²) in [4.78, 5) is 22.2. The lowest BCUT2D eigenvalue weighted by atomic mass is 9.95. The molecule has 0 unspecified atom stereocenters. The molecule has 4 nitrogen and oxygen atoms in total. The first-order valence-corrected chi connectivity index (χ1v) is 10.3. The molecule has 0 saturated heterocycles. The Morgan fingerprint density at radius 2 is 1.93 bits per heavy atom. The number of benzene rings is 2. The minimum atomic E-state index is -0.0837. The van der Waals surface area contributed by atoms with Gasteiger partial charge < -0.3 is 4.42 Å². The van der Waals surface area contributed by atoms with Crippen molar-refractivity contribution in [2.75, 3.05) is 0 Å². The monoisotopic (exact) mass is 414 g/mol. The van der Waals surface area contributed by atoms with Crippen molar-refractivity contribution in [3.63, 3.8) is 0 Å². The van der Waals surface area contributed by atoms with Gasteiger partial charge in [0.05, 0.1) is 28.0 Å². The molecule has 0 saturated carbocycles. The van der Waals surface area contributed by atoms with Gasteiger partial charge in [0, 0.05) is 11.8 Å². The lowest BCUT2D eigenvalue weighted by molar-refractivity contribution is 0.640. The fourth-order valence-corrected chi connectivity index (χ4v) is 4.12. The summed E-state index contributed by atoms with van der Waals surface area (Å²) in [6.07, 6.45) is 3.32. The molecule has 1 aliphatic rings. The van der Waals surface area contributed by atoms with Crippen molar-refractivity contribution in [2.45, 2.75) is 26.3 Å². The highest BCUT2D eigenvalue weighted by molar-refractivity contribution is 6.51. The molecule has 5 rings (SSSR count). The van der Waals surface area contributed by atoms with Crippen LogP contribution in [0.15, 0.2) is 74.4 Å². The second-order valence-corrected chi connectivity index (χ2v) is 7.94. The largest absolute Gasteiger partial charge is 0.437 e. The zero-order valence-electron chi connectivity index (χ0n) is 16.5. The summed E-state index contributed by atoms with van der Waals surface area (Å²) in [7, 11) is 0. The Labute approximate surface area is 178 Å². The molecule has 4 aromatic rings. The van der Waals surface area contributed by atoms with Gasteiger partial charge >= 0.3 is 0 Å². The van der Waals surface area contributed by atoms with E-state index in [2.05, 4.69) is 9.98 Å². The van der Waals surface area contributed by atoms with E-state index in [1.165, 1.54) is 0 Å². The van der Waals surface area contributed by atoms with Crippen LogP contribution in [0, 0.1) is 6.92 Å². The molecule has 0 N–H and O–H groups in total. The number of halogens is 1. The van der Waals surface area contributed by atoms with E-state index in [1.807, 2.05) is 67.7 Å². The summed E-state index contributed by atoms with van der Waals surface area (Å²) < 4.78 is 5.93. The van der Waals surface area contributed by atoms with Crippen LogP contribution in [0.4, 0.5) is 0 Å². The van der Waals surface area contributed by atoms with E-state index in [9.17, 15) is 4.79 Å². The van der Waals surface area contributed by atoms with E-state index in [-0.39, 0.29) is 5.43 Å². The van der Waals surface area contributed by atoms with Crippen molar-refractivity contribution in [1.29, 1.82) is 0 Å². The van der Waals surface area contributed by atoms with Gasteiger partial charge in [-0.25, -0.2) is 4.98 Å². The molecule has 30 heavy (non-hydrogen) atoms. The van der Waals surface area contributed by atoms with E-state index in [0.717, 1.165) is 40.8 Å². The Bertz CT molecular complexity index is 1400. The molecular weight excluding hydrogens is 396 g/mol. The minimum absolute atomic E-state index is 0.0837. The number of hydrogen-bond acceptors (Lipinski definition) is 4. The third kappa shape index (κ3) is 3.33. The first kappa shape index (κ1) is 18.8. The fourth-order valence-electron chi connectivity index (χ4n) is 3.81. The molecular formula is C25H19ClN2O2. The Balaban J connectivity index is 1.57. The zero-order chi connectivity index (χ0) is 20.7. The number of aryl methyl sites for hydroxylation is 2. The van der Waals surface area contributed by atoms with Crippen LogP contribution in [-0.4, -0.2) is 11.2 Å². The molecule has 2 aromatic carbocycles.